The lowest BCUT2D eigenvalue weighted by atomic mass is 9.77. The lowest BCUT2D eigenvalue weighted by Crippen LogP contribution is -2.26. The van der Waals surface area contributed by atoms with Crippen LogP contribution in [-0.2, 0) is 20.9 Å². The van der Waals surface area contributed by atoms with Crippen molar-refractivity contribution >= 4 is 16.1 Å². The lowest BCUT2D eigenvalue weighted by Gasteiger charge is -2.30. The maximum atomic E-state index is 12.6. The molecule has 1 aliphatic heterocycles. The van der Waals surface area contributed by atoms with E-state index in [1.165, 1.54) is 4.31 Å². The number of phenols is 1. The molecule has 1 heterocycles. The first-order valence-electron chi connectivity index (χ1n) is 9.21. The number of benzene rings is 1. The van der Waals surface area contributed by atoms with Crippen molar-refractivity contribution in [3.05, 3.63) is 33.7 Å². The molecule has 3 N–H and O–H groups in total. The summed E-state index contributed by atoms with van der Waals surface area (Å²) in [5.74, 6) is 0.0275. The summed E-state index contributed by atoms with van der Waals surface area (Å²) in [5, 5.41) is 30.4. The Hall–Kier alpha value is -1.41. The largest absolute Gasteiger partial charge is 0.507 e. The first-order chi connectivity index (χ1) is 12.4. The van der Waals surface area contributed by atoms with E-state index in [4.69, 9.17) is 0 Å². The summed E-state index contributed by atoms with van der Waals surface area (Å²) >= 11 is 0. The standard InChI is InChI=1S/C20H31NO5S/c1-6-21-8-7-15(27(21,25)26)9-14-10-16(19(2,3)12-22)18(24)17(11-14)20(4,5)13-23/h9-11,22-24H,6-8,12-13H2,1-5H3. The summed E-state index contributed by atoms with van der Waals surface area (Å²) in [4.78, 5) is 0.343. The molecular weight excluding hydrogens is 366 g/mol. The Morgan fingerprint density at radius 1 is 1.07 bits per heavy atom. The maximum absolute atomic E-state index is 12.6. The molecule has 1 aromatic rings. The Balaban J connectivity index is 2.70. The van der Waals surface area contributed by atoms with Crippen molar-refractivity contribution in [2.45, 2.75) is 51.9 Å². The van der Waals surface area contributed by atoms with Gasteiger partial charge in [0, 0.05) is 35.0 Å². The lowest BCUT2D eigenvalue weighted by molar-refractivity contribution is 0.207. The fourth-order valence-electron chi connectivity index (χ4n) is 3.25. The van der Waals surface area contributed by atoms with Gasteiger partial charge in [-0.05, 0) is 30.2 Å². The molecule has 7 heteroatoms. The highest BCUT2D eigenvalue weighted by Gasteiger charge is 2.34. The van der Waals surface area contributed by atoms with Crippen LogP contribution in [0, 0.1) is 0 Å². The summed E-state index contributed by atoms with van der Waals surface area (Å²) in [7, 11) is -3.46. The summed E-state index contributed by atoms with van der Waals surface area (Å²) in [6, 6.07) is 3.44. The van der Waals surface area contributed by atoms with Crippen molar-refractivity contribution in [2.24, 2.45) is 0 Å². The molecule has 0 bridgehead atoms. The van der Waals surface area contributed by atoms with E-state index in [0.717, 1.165) is 0 Å². The van der Waals surface area contributed by atoms with Crippen LogP contribution < -0.4 is 0 Å². The van der Waals surface area contributed by atoms with Gasteiger partial charge in [-0.3, -0.25) is 0 Å². The number of aliphatic hydroxyl groups excluding tert-OH is 2. The van der Waals surface area contributed by atoms with E-state index < -0.39 is 20.9 Å². The third kappa shape index (κ3) is 4.06. The van der Waals surface area contributed by atoms with Crippen LogP contribution in [0.15, 0.2) is 17.0 Å². The number of nitrogens with zero attached hydrogens (tertiary/aromatic N) is 1. The van der Waals surface area contributed by atoms with Crippen LogP contribution in [0.2, 0.25) is 0 Å². The van der Waals surface area contributed by atoms with Crippen molar-refractivity contribution in [1.29, 1.82) is 0 Å². The van der Waals surface area contributed by atoms with Crippen LogP contribution in [0.25, 0.3) is 6.08 Å². The smallest absolute Gasteiger partial charge is 0.239 e. The van der Waals surface area contributed by atoms with E-state index in [1.807, 2.05) is 6.92 Å². The quantitative estimate of drug-likeness (QED) is 0.684. The molecule has 1 aromatic carbocycles. The van der Waals surface area contributed by atoms with Gasteiger partial charge in [-0.1, -0.05) is 34.6 Å². The highest BCUT2D eigenvalue weighted by molar-refractivity contribution is 7.93. The van der Waals surface area contributed by atoms with Crippen molar-refractivity contribution in [3.63, 3.8) is 0 Å². The molecule has 0 radical (unpaired) electrons. The molecule has 27 heavy (non-hydrogen) atoms. The second-order valence-electron chi connectivity index (χ2n) is 8.41. The molecule has 1 fully saturated rings. The Labute approximate surface area is 162 Å². The molecule has 0 amide bonds. The Morgan fingerprint density at radius 3 is 1.93 bits per heavy atom. The van der Waals surface area contributed by atoms with Crippen molar-refractivity contribution in [1.82, 2.24) is 4.31 Å². The minimum absolute atomic E-state index is 0.0275. The highest BCUT2D eigenvalue weighted by Crippen LogP contribution is 2.41. The zero-order valence-corrected chi connectivity index (χ0v) is 17.6. The second kappa shape index (κ2) is 7.54. The molecule has 0 aromatic heterocycles. The van der Waals surface area contributed by atoms with Gasteiger partial charge >= 0.3 is 0 Å². The minimum Gasteiger partial charge on any atom is -0.507 e. The molecule has 1 saturated heterocycles. The number of hydrogen-bond donors (Lipinski definition) is 3. The highest BCUT2D eigenvalue weighted by atomic mass is 32.2. The SMILES string of the molecule is CCN1CCC(=Cc2cc(C(C)(C)CO)c(O)c(C(C)(C)CO)c2)S1(=O)=O. The van der Waals surface area contributed by atoms with Gasteiger partial charge in [0.15, 0.2) is 0 Å². The molecule has 2 rings (SSSR count). The molecule has 0 unspecified atom stereocenters. The van der Waals surface area contributed by atoms with Crippen LogP contribution in [0.4, 0.5) is 0 Å². The molecular formula is C20H31NO5S. The van der Waals surface area contributed by atoms with Crippen molar-refractivity contribution < 1.29 is 23.7 Å². The second-order valence-corrected chi connectivity index (χ2v) is 10.4. The Kier molecular flexibility index (Phi) is 6.11. The third-order valence-electron chi connectivity index (χ3n) is 5.34. The average molecular weight is 398 g/mol. The van der Waals surface area contributed by atoms with Gasteiger partial charge in [0.2, 0.25) is 10.0 Å². The molecule has 152 valence electrons. The van der Waals surface area contributed by atoms with Gasteiger partial charge in [0.05, 0.1) is 18.1 Å². The monoisotopic (exact) mass is 397 g/mol. The molecule has 0 aliphatic carbocycles. The van der Waals surface area contributed by atoms with Gasteiger partial charge in [-0.25, -0.2) is 8.42 Å². The fraction of sp³-hybridized carbons (Fsp3) is 0.600. The summed E-state index contributed by atoms with van der Waals surface area (Å²) < 4.78 is 26.6. The van der Waals surface area contributed by atoms with Crippen molar-refractivity contribution in [3.8, 4) is 5.75 Å². The number of sulfonamides is 1. The topological polar surface area (TPSA) is 98.1 Å². The summed E-state index contributed by atoms with van der Waals surface area (Å²) in [6.07, 6.45) is 2.08. The first kappa shape index (κ1) is 21.9. The molecule has 1 aliphatic rings. The van der Waals surface area contributed by atoms with Crippen LogP contribution in [0.5, 0.6) is 5.75 Å². The normalized spacial score (nSPS) is 19.7. The predicted octanol–water partition coefficient (Wildman–Crippen LogP) is 2.33. The number of aliphatic hydroxyl groups is 2. The molecule has 0 saturated carbocycles. The van der Waals surface area contributed by atoms with Gasteiger partial charge in [0.25, 0.3) is 0 Å². The van der Waals surface area contributed by atoms with Crippen LogP contribution in [0.3, 0.4) is 0 Å². The Bertz CT molecular complexity index is 803. The predicted molar refractivity (Wildman–Crippen MR) is 107 cm³/mol. The zero-order chi connectivity index (χ0) is 20.6. The van der Waals surface area contributed by atoms with E-state index in [1.54, 1.807) is 45.9 Å². The summed E-state index contributed by atoms with van der Waals surface area (Å²) in [5.41, 5.74) is 0.251. The summed E-state index contributed by atoms with van der Waals surface area (Å²) in [6.45, 7) is 9.57. The van der Waals surface area contributed by atoms with Crippen LogP contribution >= 0.6 is 0 Å². The maximum Gasteiger partial charge on any atom is 0.239 e. The van der Waals surface area contributed by atoms with Gasteiger partial charge in [0.1, 0.15) is 5.75 Å². The van der Waals surface area contributed by atoms with Gasteiger partial charge in [-0.15, -0.1) is 0 Å². The van der Waals surface area contributed by atoms with E-state index in [2.05, 4.69) is 0 Å². The van der Waals surface area contributed by atoms with E-state index in [0.29, 0.717) is 41.1 Å². The van der Waals surface area contributed by atoms with Crippen LogP contribution in [0.1, 0.15) is 57.7 Å². The third-order valence-corrected chi connectivity index (χ3v) is 7.45. The van der Waals surface area contributed by atoms with Crippen LogP contribution in [-0.4, -0.2) is 54.3 Å². The van der Waals surface area contributed by atoms with E-state index >= 15 is 0 Å². The molecule has 0 spiro atoms. The zero-order valence-electron chi connectivity index (χ0n) is 16.8. The number of rotatable bonds is 6. The number of hydrogen-bond acceptors (Lipinski definition) is 5. The van der Waals surface area contributed by atoms with Gasteiger partial charge in [-0.2, -0.15) is 4.31 Å². The van der Waals surface area contributed by atoms with E-state index in [9.17, 15) is 23.7 Å². The number of phenolic OH excluding ortho intramolecular Hbond substituents is 1. The first-order valence-corrected chi connectivity index (χ1v) is 10.6. The Morgan fingerprint density at radius 2 is 1.56 bits per heavy atom. The van der Waals surface area contributed by atoms with Crippen molar-refractivity contribution in [2.75, 3.05) is 26.3 Å². The molecule has 0 atom stereocenters. The fourth-order valence-corrected chi connectivity index (χ4v) is 4.89. The average Bonchev–Trinajstić information content (AvgIpc) is 2.89. The minimum atomic E-state index is -3.46. The van der Waals surface area contributed by atoms with E-state index in [-0.39, 0.29) is 19.0 Å². The number of aromatic hydroxyl groups is 1. The van der Waals surface area contributed by atoms with Gasteiger partial charge < -0.3 is 15.3 Å². The molecule has 6 nitrogen and oxygen atoms in total.